The molecule has 0 unspecified atom stereocenters. The van der Waals surface area contributed by atoms with E-state index in [1.54, 1.807) is 6.20 Å². The number of nitrogens with zero attached hydrogens (tertiary/aromatic N) is 2. The number of aryl methyl sites for hydroxylation is 2. The van der Waals surface area contributed by atoms with Gasteiger partial charge in [0, 0.05) is 24.1 Å². The quantitative estimate of drug-likeness (QED) is 0.716. The third-order valence-electron chi connectivity index (χ3n) is 5.03. The average molecular weight is 357 g/mol. The highest BCUT2D eigenvalue weighted by Crippen LogP contribution is 2.33. The number of amides is 1. The van der Waals surface area contributed by atoms with Crippen LogP contribution in [0.25, 0.3) is 0 Å². The first-order valence-electron chi connectivity index (χ1n) is 9.45. The Morgan fingerprint density at radius 1 is 1.11 bits per heavy atom. The molecular formula is C23H23N3O. The Bertz CT molecular complexity index is 950. The summed E-state index contributed by atoms with van der Waals surface area (Å²) in [6.45, 7) is 3.05. The van der Waals surface area contributed by atoms with Crippen molar-refractivity contribution in [3.05, 3.63) is 83.7 Å². The molecule has 1 aliphatic rings. The fourth-order valence-corrected chi connectivity index (χ4v) is 3.53. The third-order valence-corrected chi connectivity index (χ3v) is 5.03. The summed E-state index contributed by atoms with van der Waals surface area (Å²) in [4.78, 5) is 19.2. The highest BCUT2D eigenvalue weighted by Gasteiger charge is 2.19. The molecule has 0 aliphatic carbocycles. The standard InChI is InChI=1S/C23H23N3O/c1-2-17-9-11-20(12-10-17)25-23(27)19-14-21(16-24-15-19)26-13-5-7-18-6-3-4-8-22(18)26/h3-4,6,8-12,14-16H,2,5,7,13H2,1H3,(H,25,27). The first kappa shape index (κ1) is 17.3. The highest BCUT2D eigenvalue weighted by molar-refractivity contribution is 6.04. The number of benzene rings is 2. The van der Waals surface area contributed by atoms with E-state index in [1.165, 1.54) is 16.8 Å². The second kappa shape index (κ2) is 7.62. The molecule has 27 heavy (non-hydrogen) atoms. The van der Waals surface area contributed by atoms with E-state index in [9.17, 15) is 4.79 Å². The molecule has 3 aromatic rings. The van der Waals surface area contributed by atoms with Gasteiger partial charge in [-0.05, 0) is 54.7 Å². The fourth-order valence-electron chi connectivity index (χ4n) is 3.53. The predicted molar refractivity (Wildman–Crippen MR) is 110 cm³/mol. The van der Waals surface area contributed by atoms with Gasteiger partial charge >= 0.3 is 0 Å². The van der Waals surface area contributed by atoms with Crippen LogP contribution in [0.3, 0.4) is 0 Å². The van der Waals surface area contributed by atoms with Crippen molar-refractivity contribution >= 4 is 23.0 Å². The molecule has 2 aromatic carbocycles. The summed E-state index contributed by atoms with van der Waals surface area (Å²) < 4.78 is 0. The zero-order chi connectivity index (χ0) is 18.6. The van der Waals surface area contributed by atoms with Gasteiger partial charge < -0.3 is 10.2 Å². The van der Waals surface area contributed by atoms with E-state index in [1.807, 2.05) is 36.5 Å². The van der Waals surface area contributed by atoms with Crippen LogP contribution in [0.15, 0.2) is 67.0 Å². The number of nitrogens with one attached hydrogen (secondary N) is 1. The Labute approximate surface area is 159 Å². The van der Waals surface area contributed by atoms with Gasteiger partial charge in [-0.1, -0.05) is 37.3 Å². The molecule has 1 N–H and O–H groups in total. The van der Waals surface area contributed by atoms with Crippen molar-refractivity contribution in [2.75, 3.05) is 16.8 Å². The zero-order valence-corrected chi connectivity index (χ0v) is 15.5. The number of rotatable bonds is 4. The summed E-state index contributed by atoms with van der Waals surface area (Å²) in [7, 11) is 0. The van der Waals surface area contributed by atoms with Gasteiger partial charge in [0.05, 0.1) is 17.4 Å². The van der Waals surface area contributed by atoms with Crippen LogP contribution in [0.1, 0.15) is 34.8 Å². The fraction of sp³-hybridized carbons (Fsp3) is 0.217. The lowest BCUT2D eigenvalue weighted by Crippen LogP contribution is -2.25. The highest BCUT2D eigenvalue weighted by atomic mass is 16.1. The Hall–Kier alpha value is -3.14. The SMILES string of the molecule is CCc1ccc(NC(=O)c2cncc(N3CCCc4ccccc43)c2)cc1. The minimum Gasteiger partial charge on any atom is -0.340 e. The van der Waals surface area contributed by atoms with Crippen LogP contribution in [0, 0.1) is 0 Å². The third kappa shape index (κ3) is 3.70. The van der Waals surface area contributed by atoms with Gasteiger partial charge in [-0.25, -0.2) is 0 Å². The van der Waals surface area contributed by atoms with Crippen molar-refractivity contribution in [1.29, 1.82) is 0 Å². The van der Waals surface area contributed by atoms with E-state index >= 15 is 0 Å². The number of aromatic nitrogens is 1. The number of carbonyl (C=O) groups is 1. The summed E-state index contributed by atoms with van der Waals surface area (Å²) in [5.41, 5.74) is 6.12. The smallest absolute Gasteiger partial charge is 0.257 e. The molecule has 0 saturated heterocycles. The van der Waals surface area contributed by atoms with E-state index in [0.717, 1.165) is 37.2 Å². The maximum atomic E-state index is 12.7. The molecular weight excluding hydrogens is 334 g/mol. The molecule has 0 radical (unpaired) electrons. The monoisotopic (exact) mass is 357 g/mol. The molecule has 0 fully saturated rings. The Morgan fingerprint density at radius 3 is 2.74 bits per heavy atom. The van der Waals surface area contributed by atoms with E-state index in [0.29, 0.717) is 5.56 Å². The number of fused-ring (bicyclic) bond motifs is 1. The van der Waals surface area contributed by atoms with Gasteiger partial charge in [0.15, 0.2) is 0 Å². The average Bonchev–Trinajstić information content (AvgIpc) is 2.74. The molecule has 0 saturated carbocycles. The molecule has 136 valence electrons. The molecule has 0 atom stereocenters. The minimum atomic E-state index is -0.140. The Balaban J connectivity index is 1.56. The summed E-state index contributed by atoms with van der Waals surface area (Å²) in [6.07, 6.45) is 6.62. The molecule has 4 nitrogen and oxygen atoms in total. The number of hydrogen-bond acceptors (Lipinski definition) is 3. The van der Waals surface area contributed by atoms with Gasteiger partial charge in [0.2, 0.25) is 0 Å². The normalized spacial score (nSPS) is 13.1. The zero-order valence-electron chi connectivity index (χ0n) is 15.5. The van der Waals surface area contributed by atoms with Crippen LogP contribution in [-0.4, -0.2) is 17.4 Å². The lowest BCUT2D eigenvalue weighted by Gasteiger charge is -2.31. The van der Waals surface area contributed by atoms with Gasteiger partial charge in [0.25, 0.3) is 5.91 Å². The van der Waals surface area contributed by atoms with E-state index in [-0.39, 0.29) is 5.91 Å². The van der Waals surface area contributed by atoms with Crippen LogP contribution >= 0.6 is 0 Å². The van der Waals surface area contributed by atoms with Crippen LogP contribution in [0.4, 0.5) is 17.1 Å². The summed E-state index contributed by atoms with van der Waals surface area (Å²) in [5, 5.41) is 2.96. The topological polar surface area (TPSA) is 45.2 Å². The molecule has 1 amide bonds. The first-order chi connectivity index (χ1) is 13.2. The second-order valence-corrected chi connectivity index (χ2v) is 6.82. The maximum absolute atomic E-state index is 12.7. The molecule has 4 heteroatoms. The Kier molecular flexibility index (Phi) is 4.88. The van der Waals surface area contributed by atoms with Gasteiger partial charge in [0.1, 0.15) is 0 Å². The van der Waals surface area contributed by atoms with Crippen molar-refractivity contribution in [3.8, 4) is 0 Å². The van der Waals surface area contributed by atoms with Crippen LogP contribution in [0.2, 0.25) is 0 Å². The van der Waals surface area contributed by atoms with Crippen molar-refractivity contribution in [2.24, 2.45) is 0 Å². The van der Waals surface area contributed by atoms with Gasteiger partial charge in [-0.3, -0.25) is 9.78 Å². The van der Waals surface area contributed by atoms with E-state index in [4.69, 9.17) is 0 Å². The van der Waals surface area contributed by atoms with Crippen LogP contribution < -0.4 is 10.2 Å². The summed E-state index contributed by atoms with van der Waals surface area (Å²) in [6, 6.07) is 18.3. The minimum absolute atomic E-state index is 0.140. The largest absolute Gasteiger partial charge is 0.340 e. The van der Waals surface area contributed by atoms with Crippen LogP contribution in [-0.2, 0) is 12.8 Å². The maximum Gasteiger partial charge on any atom is 0.257 e. The predicted octanol–water partition coefficient (Wildman–Crippen LogP) is 4.98. The van der Waals surface area contributed by atoms with Crippen molar-refractivity contribution in [2.45, 2.75) is 26.2 Å². The molecule has 2 heterocycles. The van der Waals surface area contributed by atoms with E-state index in [2.05, 4.69) is 46.4 Å². The first-order valence-corrected chi connectivity index (χ1v) is 9.45. The van der Waals surface area contributed by atoms with Crippen molar-refractivity contribution < 1.29 is 4.79 Å². The molecule has 1 aliphatic heterocycles. The number of pyridine rings is 1. The van der Waals surface area contributed by atoms with Crippen molar-refractivity contribution in [1.82, 2.24) is 4.98 Å². The molecule has 0 spiro atoms. The Morgan fingerprint density at radius 2 is 1.93 bits per heavy atom. The molecule has 1 aromatic heterocycles. The van der Waals surface area contributed by atoms with Gasteiger partial charge in [-0.2, -0.15) is 0 Å². The molecule has 4 rings (SSSR count). The second-order valence-electron chi connectivity index (χ2n) is 6.82. The van der Waals surface area contributed by atoms with Gasteiger partial charge in [-0.15, -0.1) is 0 Å². The number of carbonyl (C=O) groups excluding carboxylic acids is 1. The number of anilines is 3. The van der Waals surface area contributed by atoms with E-state index < -0.39 is 0 Å². The summed E-state index contributed by atoms with van der Waals surface area (Å²) >= 11 is 0. The lowest BCUT2D eigenvalue weighted by atomic mass is 10.0. The number of hydrogen-bond donors (Lipinski definition) is 1. The van der Waals surface area contributed by atoms with Crippen LogP contribution in [0.5, 0.6) is 0 Å². The number of para-hydroxylation sites is 1. The summed E-state index contributed by atoms with van der Waals surface area (Å²) in [5.74, 6) is -0.140. The molecule has 0 bridgehead atoms. The van der Waals surface area contributed by atoms with Crippen molar-refractivity contribution in [3.63, 3.8) is 0 Å². The lowest BCUT2D eigenvalue weighted by molar-refractivity contribution is 0.102.